The molecule has 4 N–H and O–H groups in total. The fraction of sp³-hybridized carbons (Fsp3) is 0.150. The van der Waals surface area contributed by atoms with Crippen LogP contribution < -0.4 is 16.0 Å². The molecule has 11 heteroatoms. The van der Waals surface area contributed by atoms with Gasteiger partial charge in [0.1, 0.15) is 5.75 Å². The molecule has 1 heterocycles. The summed E-state index contributed by atoms with van der Waals surface area (Å²) in [5.41, 5.74) is -0.409. The minimum Gasteiger partial charge on any atom is -0.508 e. The molecule has 8 nitrogen and oxygen atoms in total. The second kappa shape index (κ2) is 9.20. The molecule has 0 spiro atoms. The van der Waals surface area contributed by atoms with Crippen LogP contribution in [0.5, 0.6) is 5.75 Å². The van der Waals surface area contributed by atoms with Crippen molar-refractivity contribution in [3.05, 3.63) is 72.1 Å². The van der Waals surface area contributed by atoms with Gasteiger partial charge in [0.05, 0.1) is 16.9 Å². The number of anilines is 1. The lowest BCUT2D eigenvalue weighted by molar-refractivity contribution is -0.137. The SMILES string of the molecule is O=C(NCCNC(=O)c1ccc(O)cc1)Nc1cc(C(F)(F)F)ccc1-n1cccn1. The summed E-state index contributed by atoms with van der Waals surface area (Å²) >= 11 is 0. The number of benzene rings is 2. The summed E-state index contributed by atoms with van der Waals surface area (Å²) in [5, 5.41) is 20.6. The number of aromatic hydroxyl groups is 1. The summed E-state index contributed by atoms with van der Waals surface area (Å²) < 4.78 is 40.5. The van der Waals surface area contributed by atoms with E-state index in [0.717, 1.165) is 12.1 Å². The highest BCUT2D eigenvalue weighted by molar-refractivity contribution is 5.94. The zero-order chi connectivity index (χ0) is 22.4. The fourth-order valence-corrected chi connectivity index (χ4v) is 2.66. The number of hydrogen-bond donors (Lipinski definition) is 4. The Kier molecular flexibility index (Phi) is 6.43. The number of amides is 3. The maximum atomic E-state index is 13.1. The average Bonchev–Trinajstić information content (AvgIpc) is 3.25. The first-order valence-electron chi connectivity index (χ1n) is 9.07. The van der Waals surface area contributed by atoms with Crippen LogP contribution in [0.25, 0.3) is 5.69 Å². The number of phenolic OH excluding ortho intramolecular Hbond substituents is 1. The van der Waals surface area contributed by atoms with Crippen LogP contribution in [-0.4, -0.2) is 39.9 Å². The first-order chi connectivity index (χ1) is 14.7. The van der Waals surface area contributed by atoms with E-state index in [0.29, 0.717) is 5.56 Å². The van der Waals surface area contributed by atoms with Crippen LogP contribution in [0.2, 0.25) is 0 Å². The Morgan fingerprint density at radius 1 is 1.03 bits per heavy atom. The first kappa shape index (κ1) is 21.7. The molecule has 0 saturated heterocycles. The molecule has 0 fully saturated rings. The predicted molar refractivity (Wildman–Crippen MR) is 106 cm³/mol. The van der Waals surface area contributed by atoms with Crippen molar-refractivity contribution in [1.82, 2.24) is 20.4 Å². The van der Waals surface area contributed by atoms with Gasteiger partial charge in [-0.2, -0.15) is 18.3 Å². The zero-order valence-electron chi connectivity index (χ0n) is 16.0. The highest BCUT2D eigenvalue weighted by Gasteiger charge is 2.31. The van der Waals surface area contributed by atoms with Gasteiger partial charge in [0.15, 0.2) is 0 Å². The predicted octanol–water partition coefficient (Wildman–Crippen LogP) is 3.15. The number of carbonyl (C=O) groups is 2. The molecule has 2 aromatic carbocycles. The smallest absolute Gasteiger partial charge is 0.416 e. The minimum absolute atomic E-state index is 0.0268. The third-order valence-corrected chi connectivity index (χ3v) is 4.15. The third-order valence-electron chi connectivity index (χ3n) is 4.15. The lowest BCUT2D eigenvalue weighted by Crippen LogP contribution is -2.37. The number of urea groups is 1. The van der Waals surface area contributed by atoms with E-state index in [1.54, 1.807) is 6.07 Å². The summed E-state index contributed by atoms with van der Waals surface area (Å²) in [6, 6.07) is 9.40. The standard InChI is InChI=1S/C20H18F3N5O3/c21-20(22,23)14-4-7-17(28-11-1-8-26-28)16(12-14)27-19(31)25-10-9-24-18(30)13-2-5-15(29)6-3-13/h1-8,11-12,29H,9-10H2,(H,24,30)(H2,25,27,31). The van der Waals surface area contributed by atoms with Gasteiger partial charge < -0.3 is 21.1 Å². The summed E-state index contributed by atoms with van der Waals surface area (Å²) in [4.78, 5) is 24.1. The Hall–Kier alpha value is -4.02. The van der Waals surface area contributed by atoms with Gasteiger partial charge in [-0.15, -0.1) is 0 Å². The molecule has 162 valence electrons. The molecule has 3 aromatic rings. The summed E-state index contributed by atoms with van der Waals surface area (Å²) in [6.45, 7) is 0.119. The molecule has 0 radical (unpaired) electrons. The summed E-state index contributed by atoms with van der Waals surface area (Å²) in [7, 11) is 0. The molecule has 3 rings (SSSR count). The number of aromatic nitrogens is 2. The third kappa shape index (κ3) is 5.75. The van der Waals surface area contributed by atoms with E-state index in [1.807, 2.05) is 0 Å². The number of hydrogen-bond acceptors (Lipinski definition) is 4. The molecule has 0 aliphatic rings. The molecule has 0 aliphatic heterocycles. The van der Waals surface area contributed by atoms with Crippen molar-refractivity contribution in [3.63, 3.8) is 0 Å². The lowest BCUT2D eigenvalue weighted by Gasteiger charge is -2.15. The van der Waals surface area contributed by atoms with Gasteiger partial charge in [-0.3, -0.25) is 4.79 Å². The molecule has 1 aromatic heterocycles. The zero-order valence-corrected chi connectivity index (χ0v) is 16.0. The van der Waals surface area contributed by atoms with Crippen LogP contribution in [0.3, 0.4) is 0 Å². The highest BCUT2D eigenvalue weighted by atomic mass is 19.4. The number of rotatable bonds is 6. The van der Waals surface area contributed by atoms with Gasteiger partial charge >= 0.3 is 12.2 Å². The van der Waals surface area contributed by atoms with Crippen LogP contribution in [0, 0.1) is 0 Å². The van der Waals surface area contributed by atoms with Gasteiger partial charge in [-0.05, 0) is 48.5 Å². The molecular weight excluding hydrogens is 415 g/mol. The van der Waals surface area contributed by atoms with Crippen LogP contribution in [0.4, 0.5) is 23.7 Å². The fourth-order valence-electron chi connectivity index (χ4n) is 2.66. The van der Waals surface area contributed by atoms with Crippen LogP contribution in [-0.2, 0) is 6.18 Å². The van der Waals surface area contributed by atoms with E-state index >= 15 is 0 Å². The van der Waals surface area contributed by atoms with Crippen molar-refractivity contribution in [1.29, 1.82) is 0 Å². The topological polar surface area (TPSA) is 108 Å². The number of halogens is 3. The number of phenols is 1. The van der Waals surface area contributed by atoms with E-state index in [4.69, 9.17) is 0 Å². The van der Waals surface area contributed by atoms with E-state index in [2.05, 4.69) is 21.0 Å². The van der Waals surface area contributed by atoms with Crippen LogP contribution >= 0.6 is 0 Å². The van der Waals surface area contributed by atoms with Gasteiger partial charge in [0, 0.05) is 31.0 Å². The number of nitrogens with one attached hydrogen (secondary N) is 3. The van der Waals surface area contributed by atoms with Gasteiger partial charge in [-0.1, -0.05) is 0 Å². The first-order valence-corrected chi connectivity index (χ1v) is 9.07. The summed E-state index contributed by atoms with van der Waals surface area (Å²) in [6.07, 6.45) is -1.59. The van der Waals surface area contributed by atoms with Crippen molar-refractivity contribution >= 4 is 17.6 Å². The molecule has 0 unspecified atom stereocenters. The number of carbonyl (C=O) groups excluding carboxylic acids is 2. The average molecular weight is 433 g/mol. The van der Waals surface area contributed by atoms with Gasteiger partial charge in [0.25, 0.3) is 5.91 Å². The second-order valence-electron chi connectivity index (χ2n) is 6.36. The quantitative estimate of drug-likeness (QED) is 0.448. The Bertz CT molecular complexity index is 1050. The van der Waals surface area contributed by atoms with E-state index in [-0.39, 0.29) is 30.2 Å². The Labute approximate surface area is 174 Å². The van der Waals surface area contributed by atoms with Crippen molar-refractivity contribution < 1.29 is 27.9 Å². The maximum absolute atomic E-state index is 13.1. The van der Waals surface area contributed by atoms with Crippen molar-refractivity contribution in [3.8, 4) is 11.4 Å². The lowest BCUT2D eigenvalue weighted by atomic mass is 10.1. The Morgan fingerprint density at radius 3 is 2.39 bits per heavy atom. The van der Waals surface area contributed by atoms with Crippen molar-refractivity contribution in [2.75, 3.05) is 18.4 Å². The molecule has 0 bridgehead atoms. The van der Waals surface area contributed by atoms with E-state index < -0.39 is 23.7 Å². The largest absolute Gasteiger partial charge is 0.508 e. The number of nitrogens with zero attached hydrogens (tertiary/aromatic N) is 2. The van der Waals surface area contributed by atoms with Gasteiger partial charge in [0.2, 0.25) is 0 Å². The Morgan fingerprint density at radius 2 is 1.74 bits per heavy atom. The Balaban J connectivity index is 1.59. The second-order valence-corrected chi connectivity index (χ2v) is 6.36. The summed E-state index contributed by atoms with van der Waals surface area (Å²) in [5.74, 6) is -0.375. The number of alkyl halides is 3. The van der Waals surface area contributed by atoms with E-state index in [1.165, 1.54) is 47.4 Å². The normalized spacial score (nSPS) is 11.1. The van der Waals surface area contributed by atoms with Crippen LogP contribution in [0.15, 0.2) is 60.9 Å². The monoisotopic (exact) mass is 433 g/mol. The molecule has 0 atom stereocenters. The molecule has 3 amide bonds. The van der Waals surface area contributed by atoms with E-state index in [9.17, 15) is 27.9 Å². The van der Waals surface area contributed by atoms with Crippen molar-refractivity contribution in [2.24, 2.45) is 0 Å². The molecule has 31 heavy (non-hydrogen) atoms. The maximum Gasteiger partial charge on any atom is 0.416 e. The highest BCUT2D eigenvalue weighted by Crippen LogP contribution is 2.33. The van der Waals surface area contributed by atoms with Crippen LogP contribution in [0.1, 0.15) is 15.9 Å². The van der Waals surface area contributed by atoms with Gasteiger partial charge in [-0.25, -0.2) is 9.48 Å². The van der Waals surface area contributed by atoms with Crippen molar-refractivity contribution in [2.45, 2.75) is 6.18 Å². The molecule has 0 aliphatic carbocycles. The molecule has 0 saturated carbocycles. The minimum atomic E-state index is -4.58. The molecular formula is C20H18F3N5O3.